The Morgan fingerprint density at radius 1 is 0.875 bits per heavy atom. The van der Waals surface area contributed by atoms with Crippen LogP contribution in [0.4, 0.5) is 5.69 Å². The SMILES string of the molecule is O=C(CCc1ccc2c(c1)OCO2)Nc1ccc2c(c1)OCCO2. The fourth-order valence-corrected chi connectivity index (χ4v) is 2.70. The molecule has 124 valence electrons. The summed E-state index contributed by atoms with van der Waals surface area (Å²) >= 11 is 0. The van der Waals surface area contributed by atoms with Crippen LogP contribution in [0.3, 0.4) is 0 Å². The van der Waals surface area contributed by atoms with Gasteiger partial charge in [0, 0.05) is 18.2 Å². The molecular formula is C18H17NO5. The van der Waals surface area contributed by atoms with E-state index in [1.54, 1.807) is 6.07 Å². The molecule has 1 amide bonds. The Morgan fingerprint density at radius 3 is 2.50 bits per heavy atom. The van der Waals surface area contributed by atoms with Crippen molar-refractivity contribution in [1.82, 2.24) is 0 Å². The molecule has 1 N–H and O–H groups in total. The maximum absolute atomic E-state index is 12.1. The number of nitrogens with one attached hydrogen (secondary N) is 1. The molecule has 0 radical (unpaired) electrons. The van der Waals surface area contributed by atoms with E-state index in [0.717, 1.165) is 17.1 Å². The molecule has 0 unspecified atom stereocenters. The zero-order chi connectivity index (χ0) is 16.4. The molecule has 0 saturated heterocycles. The van der Waals surface area contributed by atoms with Gasteiger partial charge in [0.2, 0.25) is 12.7 Å². The highest BCUT2D eigenvalue weighted by Gasteiger charge is 2.15. The number of hydrogen-bond donors (Lipinski definition) is 1. The molecule has 24 heavy (non-hydrogen) atoms. The minimum absolute atomic E-state index is 0.0515. The van der Waals surface area contributed by atoms with E-state index in [2.05, 4.69) is 5.32 Å². The van der Waals surface area contributed by atoms with Crippen molar-refractivity contribution in [3.8, 4) is 23.0 Å². The number of benzene rings is 2. The van der Waals surface area contributed by atoms with Crippen LogP contribution in [0.15, 0.2) is 36.4 Å². The van der Waals surface area contributed by atoms with E-state index in [9.17, 15) is 4.79 Å². The summed E-state index contributed by atoms with van der Waals surface area (Å²) in [5, 5.41) is 2.88. The van der Waals surface area contributed by atoms with Crippen molar-refractivity contribution in [1.29, 1.82) is 0 Å². The number of fused-ring (bicyclic) bond motifs is 2. The van der Waals surface area contributed by atoms with Gasteiger partial charge in [0.1, 0.15) is 13.2 Å². The number of hydrogen-bond acceptors (Lipinski definition) is 5. The normalized spacial score (nSPS) is 14.3. The molecule has 2 aliphatic rings. The van der Waals surface area contributed by atoms with E-state index in [1.165, 1.54) is 0 Å². The summed E-state index contributed by atoms with van der Waals surface area (Å²) in [6.07, 6.45) is 1.01. The van der Waals surface area contributed by atoms with Gasteiger partial charge in [-0.05, 0) is 36.2 Å². The monoisotopic (exact) mass is 327 g/mol. The summed E-state index contributed by atoms with van der Waals surface area (Å²) in [4.78, 5) is 12.1. The van der Waals surface area contributed by atoms with Gasteiger partial charge in [-0.2, -0.15) is 0 Å². The molecule has 6 nitrogen and oxygen atoms in total. The summed E-state index contributed by atoms with van der Waals surface area (Å²) < 4.78 is 21.6. The first-order chi connectivity index (χ1) is 11.8. The Bertz CT molecular complexity index is 774. The fraction of sp³-hybridized carbons (Fsp3) is 0.278. The summed E-state index contributed by atoms with van der Waals surface area (Å²) in [6, 6.07) is 11.1. The quantitative estimate of drug-likeness (QED) is 0.935. The van der Waals surface area contributed by atoms with Crippen LogP contribution in [0.2, 0.25) is 0 Å². The lowest BCUT2D eigenvalue weighted by molar-refractivity contribution is -0.116. The van der Waals surface area contributed by atoms with Crippen LogP contribution in [0.1, 0.15) is 12.0 Å². The topological polar surface area (TPSA) is 66.0 Å². The number of carbonyl (C=O) groups excluding carboxylic acids is 1. The Balaban J connectivity index is 1.35. The fourth-order valence-electron chi connectivity index (χ4n) is 2.70. The van der Waals surface area contributed by atoms with Gasteiger partial charge in [0.25, 0.3) is 0 Å². The summed E-state index contributed by atoms with van der Waals surface area (Å²) in [6.45, 7) is 1.33. The molecular weight excluding hydrogens is 310 g/mol. The first kappa shape index (κ1) is 14.7. The number of anilines is 1. The Labute approximate surface area is 139 Å². The zero-order valence-electron chi connectivity index (χ0n) is 13.0. The minimum Gasteiger partial charge on any atom is -0.486 e. The summed E-state index contributed by atoms with van der Waals surface area (Å²) in [5.41, 5.74) is 1.74. The minimum atomic E-state index is -0.0515. The average molecular weight is 327 g/mol. The second-order valence-electron chi connectivity index (χ2n) is 5.59. The second-order valence-corrected chi connectivity index (χ2v) is 5.59. The first-order valence-corrected chi connectivity index (χ1v) is 7.86. The Hall–Kier alpha value is -2.89. The van der Waals surface area contributed by atoms with Gasteiger partial charge >= 0.3 is 0 Å². The lowest BCUT2D eigenvalue weighted by atomic mass is 10.1. The average Bonchev–Trinajstić information content (AvgIpc) is 3.07. The van der Waals surface area contributed by atoms with Crippen molar-refractivity contribution in [2.75, 3.05) is 25.3 Å². The van der Waals surface area contributed by atoms with Crippen LogP contribution < -0.4 is 24.3 Å². The molecule has 0 aliphatic carbocycles. The van der Waals surface area contributed by atoms with E-state index in [1.807, 2.05) is 30.3 Å². The molecule has 2 aromatic carbocycles. The standard InChI is InChI=1S/C18H17NO5/c20-18(6-2-12-1-4-15-16(9-12)24-11-23-15)19-13-3-5-14-17(10-13)22-8-7-21-14/h1,3-5,9-10H,2,6-8,11H2,(H,19,20). The molecule has 2 heterocycles. The van der Waals surface area contributed by atoms with E-state index in [4.69, 9.17) is 18.9 Å². The van der Waals surface area contributed by atoms with Gasteiger partial charge in [-0.25, -0.2) is 0 Å². The Kier molecular flexibility index (Phi) is 3.86. The van der Waals surface area contributed by atoms with Crippen molar-refractivity contribution in [3.05, 3.63) is 42.0 Å². The highest BCUT2D eigenvalue weighted by molar-refractivity contribution is 5.91. The number of ether oxygens (including phenoxy) is 4. The number of carbonyl (C=O) groups is 1. The molecule has 2 aromatic rings. The second kappa shape index (κ2) is 6.31. The van der Waals surface area contributed by atoms with Gasteiger partial charge < -0.3 is 24.3 Å². The van der Waals surface area contributed by atoms with Crippen molar-refractivity contribution in [3.63, 3.8) is 0 Å². The van der Waals surface area contributed by atoms with Crippen LogP contribution >= 0.6 is 0 Å². The molecule has 0 aromatic heterocycles. The number of aryl methyl sites for hydroxylation is 1. The van der Waals surface area contributed by atoms with E-state index in [0.29, 0.717) is 43.2 Å². The third-order valence-electron chi connectivity index (χ3n) is 3.90. The smallest absolute Gasteiger partial charge is 0.231 e. The van der Waals surface area contributed by atoms with E-state index >= 15 is 0 Å². The van der Waals surface area contributed by atoms with Gasteiger partial charge in [-0.1, -0.05) is 6.07 Å². The number of rotatable bonds is 4. The van der Waals surface area contributed by atoms with Crippen molar-refractivity contribution in [2.45, 2.75) is 12.8 Å². The van der Waals surface area contributed by atoms with Gasteiger partial charge in [-0.3, -0.25) is 4.79 Å². The molecule has 6 heteroatoms. The third-order valence-corrected chi connectivity index (χ3v) is 3.90. The maximum Gasteiger partial charge on any atom is 0.231 e. The molecule has 0 spiro atoms. The summed E-state index contributed by atoms with van der Waals surface area (Å²) in [7, 11) is 0. The number of amides is 1. The van der Waals surface area contributed by atoms with Crippen LogP contribution in [0.5, 0.6) is 23.0 Å². The molecule has 0 bridgehead atoms. The van der Waals surface area contributed by atoms with Crippen LogP contribution in [-0.4, -0.2) is 25.9 Å². The zero-order valence-corrected chi connectivity index (χ0v) is 13.0. The largest absolute Gasteiger partial charge is 0.486 e. The summed E-state index contributed by atoms with van der Waals surface area (Å²) in [5.74, 6) is 2.80. The molecule has 0 atom stereocenters. The molecule has 0 fully saturated rings. The van der Waals surface area contributed by atoms with Gasteiger partial charge in [0.05, 0.1) is 0 Å². The highest BCUT2D eigenvalue weighted by atomic mass is 16.7. The van der Waals surface area contributed by atoms with E-state index in [-0.39, 0.29) is 12.7 Å². The molecule has 2 aliphatic heterocycles. The molecule has 4 rings (SSSR count). The lowest BCUT2D eigenvalue weighted by Gasteiger charge is -2.19. The Morgan fingerprint density at radius 2 is 1.58 bits per heavy atom. The van der Waals surface area contributed by atoms with Crippen molar-refractivity contribution >= 4 is 11.6 Å². The molecule has 0 saturated carbocycles. The van der Waals surface area contributed by atoms with E-state index < -0.39 is 0 Å². The lowest BCUT2D eigenvalue weighted by Crippen LogP contribution is -2.16. The highest BCUT2D eigenvalue weighted by Crippen LogP contribution is 2.33. The predicted molar refractivity (Wildman–Crippen MR) is 86.9 cm³/mol. The van der Waals surface area contributed by atoms with Crippen LogP contribution in [0, 0.1) is 0 Å². The third kappa shape index (κ3) is 3.08. The first-order valence-electron chi connectivity index (χ1n) is 7.86. The predicted octanol–water partition coefficient (Wildman–Crippen LogP) is 2.76. The van der Waals surface area contributed by atoms with Crippen molar-refractivity contribution in [2.24, 2.45) is 0 Å². The van der Waals surface area contributed by atoms with Crippen molar-refractivity contribution < 1.29 is 23.7 Å². The van der Waals surface area contributed by atoms with Gasteiger partial charge in [0.15, 0.2) is 23.0 Å². The maximum atomic E-state index is 12.1. The van der Waals surface area contributed by atoms with Crippen LogP contribution in [-0.2, 0) is 11.2 Å². The van der Waals surface area contributed by atoms with Gasteiger partial charge in [-0.15, -0.1) is 0 Å². The van der Waals surface area contributed by atoms with Crippen LogP contribution in [0.25, 0.3) is 0 Å².